The number of aliphatic hydroxyl groups is 1. The third-order valence-electron chi connectivity index (χ3n) is 2.85. The average molecular weight is 218 g/mol. The van der Waals surface area contributed by atoms with Crippen LogP contribution in [0.5, 0.6) is 0 Å². The van der Waals surface area contributed by atoms with Gasteiger partial charge in [0.25, 0.3) is 0 Å². The Morgan fingerprint density at radius 3 is 2.50 bits per heavy atom. The largest absolute Gasteiger partial charge is 0.384 e. The molecule has 1 aromatic rings. The van der Waals surface area contributed by atoms with Crippen LogP contribution < -0.4 is 0 Å². The van der Waals surface area contributed by atoms with E-state index in [1.807, 2.05) is 31.2 Å². The van der Waals surface area contributed by atoms with Gasteiger partial charge in [0.05, 0.1) is 6.10 Å². The minimum atomic E-state index is -0.447. The van der Waals surface area contributed by atoms with E-state index in [2.05, 4.69) is 19.9 Å². The van der Waals surface area contributed by atoms with Crippen molar-refractivity contribution in [3.05, 3.63) is 47.0 Å². The molecule has 0 amide bonds. The molecule has 1 atom stereocenters. The summed E-state index contributed by atoms with van der Waals surface area (Å²) in [7, 11) is 0. The van der Waals surface area contributed by atoms with Crippen molar-refractivity contribution >= 4 is 0 Å². The molecule has 16 heavy (non-hydrogen) atoms. The van der Waals surface area contributed by atoms with Gasteiger partial charge in [-0.15, -0.1) is 0 Å². The zero-order valence-corrected chi connectivity index (χ0v) is 10.5. The summed E-state index contributed by atoms with van der Waals surface area (Å²) < 4.78 is 0. The molecule has 1 nitrogen and oxygen atoms in total. The maximum atomic E-state index is 10.1. The lowest BCUT2D eigenvalue weighted by Crippen LogP contribution is -1.98. The Labute approximate surface area is 98.8 Å². The Morgan fingerprint density at radius 2 is 1.94 bits per heavy atom. The monoisotopic (exact) mass is 218 g/mol. The van der Waals surface area contributed by atoms with Crippen molar-refractivity contribution in [2.24, 2.45) is 0 Å². The Kier molecular flexibility index (Phi) is 5.27. The van der Waals surface area contributed by atoms with E-state index in [-0.39, 0.29) is 0 Å². The minimum Gasteiger partial charge on any atom is -0.384 e. The SMILES string of the molecule is CCCC/C=C(/C)C(O)c1ccc(C)cc1. The van der Waals surface area contributed by atoms with Crippen LogP contribution in [0.4, 0.5) is 0 Å². The van der Waals surface area contributed by atoms with Crippen LogP contribution in [0.3, 0.4) is 0 Å². The first kappa shape index (κ1) is 13.0. The summed E-state index contributed by atoms with van der Waals surface area (Å²) in [5.41, 5.74) is 3.26. The number of aliphatic hydroxyl groups excluding tert-OH is 1. The Balaban J connectivity index is 2.66. The summed E-state index contributed by atoms with van der Waals surface area (Å²) in [5, 5.41) is 10.1. The van der Waals surface area contributed by atoms with Crippen molar-refractivity contribution in [1.29, 1.82) is 0 Å². The Morgan fingerprint density at radius 1 is 1.31 bits per heavy atom. The standard InChI is InChI=1S/C15H22O/c1-4-5-6-7-13(3)15(16)14-10-8-12(2)9-11-14/h7-11,15-16H,4-6H2,1-3H3/b13-7-. The van der Waals surface area contributed by atoms with Crippen molar-refractivity contribution in [1.82, 2.24) is 0 Å². The topological polar surface area (TPSA) is 20.2 Å². The molecule has 1 unspecified atom stereocenters. The van der Waals surface area contributed by atoms with Gasteiger partial charge in [-0.05, 0) is 31.4 Å². The maximum Gasteiger partial charge on any atom is 0.0998 e. The molecule has 0 spiro atoms. The number of unbranched alkanes of at least 4 members (excludes halogenated alkanes) is 2. The van der Waals surface area contributed by atoms with Gasteiger partial charge in [0.2, 0.25) is 0 Å². The predicted molar refractivity (Wildman–Crippen MR) is 69.4 cm³/mol. The molecule has 0 heterocycles. The maximum absolute atomic E-state index is 10.1. The highest BCUT2D eigenvalue weighted by Crippen LogP contribution is 2.22. The summed E-state index contributed by atoms with van der Waals surface area (Å²) in [4.78, 5) is 0. The fourth-order valence-corrected chi connectivity index (χ4v) is 1.66. The molecule has 1 aromatic carbocycles. The molecule has 0 radical (unpaired) electrons. The molecule has 1 rings (SSSR count). The van der Waals surface area contributed by atoms with Gasteiger partial charge < -0.3 is 5.11 Å². The molecule has 0 fully saturated rings. The normalized spacial score (nSPS) is 13.9. The molecule has 0 aromatic heterocycles. The first-order chi connectivity index (χ1) is 7.65. The Hall–Kier alpha value is -1.08. The number of hydrogen-bond donors (Lipinski definition) is 1. The van der Waals surface area contributed by atoms with Crippen molar-refractivity contribution in [3.8, 4) is 0 Å². The predicted octanol–water partition coefficient (Wildman–Crippen LogP) is 4.16. The van der Waals surface area contributed by atoms with Crippen LogP contribution in [-0.2, 0) is 0 Å². The summed E-state index contributed by atoms with van der Waals surface area (Å²) in [6.07, 6.45) is 5.15. The molecule has 0 bridgehead atoms. The summed E-state index contributed by atoms with van der Waals surface area (Å²) >= 11 is 0. The third kappa shape index (κ3) is 3.82. The summed E-state index contributed by atoms with van der Waals surface area (Å²) in [6.45, 7) is 6.24. The lowest BCUT2D eigenvalue weighted by Gasteiger charge is -2.12. The van der Waals surface area contributed by atoms with Crippen LogP contribution in [0.2, 0.25) is 0 Å². The van der Waals surface area contributed by atoms with E-state index in [1.54, 1.807) is 0 Å². The van der Waals surface area contributed by atoms with E-state index in [0.717, 1.165) is 17.6 Å². The van der Waals surface area contributed by atoms with E-state index in [1.165, 1.54) is 18.4 Å². The lowest BCUT2D eigenvalue weighted by atomic mass is 10.0. The van der Waals surface area contributed by atoms with Crippen molar-refractivity contribution in [2.45, 2.75) is 46.1 Å². The number of rotatable bonds is 5. The lowest BCUT2D eigenvalue weighted by molar-refractivity contribution is 0.215. The van der Waals surface area contributed by atoms with Crippen LogP contribution in [0.25, 0.3) is 0 Å². The molecular weight excluding hydrogens is 196 g/mol. The molecule has 0 saturated carbocycles. The number of allylic oxidation sites excluding steroid dienone is 1. The van der Waals surface area contributed by atoms with E-state index in [9.17, 15) is 5.11 Å². The van der Waals surface area contributed by atoms with Gasteiger partial charge in [-0.3, -0.25) is 0 Å². The van der Waals surface area contributed by atoms with E-state index in [4.69, 9.17) is 0 Å². The van der Waals surface area contributed by atoms with Gasteiger partial charge in [0.15, 0.2) is 0 Å². The average Bonchev–Trinajstić information content (AvgIpc) is 2.29. The summed E-state index contributed by atoms with van der Waals surface area (Å²) in [6, 6.07) is 8.07. The zero-order chi connectivity index (χ0) is 12.0. The molecule has 0 aliphatic carbocycles. The van der Waals surface area contributed by atoms with Gasteiger partial charge in [0.1, 0.15) is 0 Å². The second-order valence-corrected chi connectivity index (χ2v) is 4.40. The fourth-order valence-electron chi connectivity index (χ4n) is 1.66. The van der Waals surface area contributed by atoms with Crippen LogP contribution in [0.1, 0.15) is 50.3 Å². The van der Waals surface area contributed by atoms with Gasteiger partial charge >= 0.3 is 0 Å². The second-order valence-electron chi connectivity index (χ2n) is 4.40. The quantitative estimate of drug-likeness (QED) is 0.581. The number of hydrogen-bond acceptors (Lipinski definition) is 1. The van der Waals surface area contributed by atoms with Crippen LogP contribution in [0, 0.1) is 6.92 Å². The van der Waals surface area contributed by atoms with E-state index < -0.39 is 6.10 Å². The smallest absolute Gasteiger partial charge is 0.0998 e. The minimum absolute atomic E-state index is 0.447. The molecule has 1 heteroatoms. The highest BCUT2D eigenvalue weighted by Gasteiger charge is 2.08. The Bertz CT molecular complexity index is 335. The van der Waals surface area contributed by atoms with Crippen LogP contribution in [-0.4, -0.2) is 5.11 Å². The van der Waals surface area contributed by atoms with Gasteiger partial charge in [-0.25, -0.2) is 0 Å². The summed E-state index contributed by atoms with van der Waals surface area (Å²) in [5.74, 6) is 0. The third-order valence-corrected chi connectivity index (χ3v) is 2.85. The first-order valence-corrected chi connectivity index (χ1v) is 6.06. The molecule has 0 saturated heterocycles. The fraction of sp³-hybridized carbons (Fsp3) is 0.467. The van der Waals surface area contributed by atoms with Gasteiger partial charge in [0, 0.05) is 0 Å². The van der Waals surface area contributed by atoms with Crippen molar-refractivity contribution < 1.29 is 5.11 Å². The van der Waals surface area contributed by atoms with Crippen LogP contribution in [0.15, 0.2) is 35.9 Å². The van der Waals surface area contributed by atoms with Crippen molar-refractivity contribution in [2.75, 3.05) is 0 Å². The first-order valence-electron chi connectivity index (χ1n) is 6.06. The highest BCUT2D eigenvalue weighted by atomic mass is 16.3. The molecule has 1 N–H and O–H groups in total. The van der Waals surface area contributed by atoms with Crippen LogP contribution >= 0.6 is 0 Å². The van der Waals surface area contributed by atoms with E-state index >= 15 is 0 Å². The molecular formula is C15H22O. The number of aryl methyl sites for hydroxylation is 1. The zero-order valence-electron chi connectivity index (χ0n) is 10.5. The second kappa shape index (κ2) is 6.49. The van der Waals surface area contributed by atoms with Gasteiger partial charge in [-0.1, -0.05) is 55.7 Å². The van der Waals surface area contributed by atoms with E-state index in [0.29, 0.717) is 0 Å². The molecule has 88 valence electrons. The van der Waals surface area contributed by atoms with Crippen molar-refractivity contribution in [3.63, 3.8) is 0 Å². The molecule has 0 aliphatic heterocycles. The van der Waals surface area contributed by atoms with Gasteiger partial charge in [-0.2, -0.15) is 0 Å². The highest BCUT2D eigenvalue weighted by molar-refractivity contribution is 5.28. The molecule has 0 aliphatic rings. The number of benzene rings is 1.